The van der Waals surface area contributed by atoms with Gasteiger partial charge in [-0.15, -0.1) is 0 Å². The number of aliphatic hydroxyl groups excluding tert-OH is 1. The van der Waals surface area contributed by atoms with Gasteiger partial charge in [-0.05, 0) is 19.3 Å². The first-order chi connectivity index (χ1) is 4.77. The molecular formula is C8H16O2. The van der Waals surface area contributed by atoms with E-state index >= 15 is 0 Å². The SMILES string of the molecule is CC[C@H]1C[C@H](C)O[C@@H]1CO. The molecule has 10 heavy (non-hydrogen) atoms. The second-order valence-electron chi connectivity index (χ2n) is 3.07. The molecule has 0 radical (unpaired) electrons. The molecule has 2 heteroatoms. The lowest BCUT2D eigenvalue weighted by molar-refractivity contribution is 0.00623. The number of hydrogen-bond acceptors (Lipinski definition) is 2. The largest absolute Gasteiger partial charge is 0.394 e. The van der Waals surface area contributed by atoms with Gasteiger partial charge < -0.3 is 9.84 Å². The molecule has 1 aliphatic rings. The van der Waals surface area contributed by atoms with Gasteiger partial charge in [-0.3, -0.25) is 0 Å². The fourth-order valence-electron chi connectivity index (χ4n) is 1.66. The van der Waals surface area contributed by atoms with Crippen molar-refractivity contribution in [3.8, 4) is 0 Å². The Hall–Kier alpha value is -0.0800. The first-order valence-corrected chi connectivity index (χ1v) is 4.04. The van der Waals surface area contributed by atoms with Crippen LogP contribution in [-0.4, -0.2) is 23.9 Å². The normalized spacial score (nSPS) is 40.5. The summed E-state index contributed by atoms with van der Waals surface area (Å²) in [5.41, 5.74) is 0. The van der Waals surface area contributed by atoms with Crippen LogP contribution in [0.5, 0.6) is 0 Å². The molecule has 0 amide bonds. The van der Waals surface area contributed by atoms with Crippen LogP contribution in [-0.2, 0) is 4.74 Å². The van der Waals surface area contributed by atoms with Gasteiger partial charge in [0.1, 0.15) is 0 Å². The summed E-state index contributed by atoms with van der Waals surface area (Å²) in [4.78, 5) is 0. The van der Waals surface area contributed by atoms with Crippen LogP contribution >= 0.6 is 0 Å². The van der Waals surface area contributed by atoms with Gasteiger partial charge in [0.05, 0.1) is 18.8 Å². The number of rotatable bonds is 2. The van der Waals surface area contributed by atoms with Gasteiger partial charge >= 0.3 is 0 Å². The van der Waals surface area contributed by atoms with Gasteiger partial charge in [-0.2, -0.15) is 0 Å². The second-order valence-corrected chi connectivity index (χ2v) is 3.07. The molecule has 1 saturated heterocycles. The Morgan fingerprint density at radius 3 is 2.70 bits per heavy atom. The van der Waals surface area contributed by atoms with Crippen molar-refractivity contribution in [3.63, 3.8) is 0 Å². The molecule has 0 aromatic carbocycles. The fourth-order valence-corrected chi connectivity index (χ4v) is 1.66. The summed E-state index contributed by atoms with van der Waals surface area (Å²) >= 11 is 0. The quantitative estimate of drug-likeness (QED) is 0.630. The minimum Gasteiger partial charge on any atom is -0.394 e. The van der Waals surface area contributed by atoms with Crippen LogP contribution in [0.25, 0.3) is 0 Å². The van der Waals surface area contributed by atoms with Gasteiger partial charge in [-0.25, -0.2) is 0 Å². The van der Waals surface area contributed by atoms with Gasteiger partial charge in [0.25, 0.3) is 0 Å². The summed E-state index contributed by atoms with van der Waals surface area (Å²) in [7, 11) is 0. The minimum atomic E-state index is 0.111. The maximum Gasteiger partial charge on any atom is 0.0838 e. The van der Waals surface area contributed by atoms with E-state index in [1.54, 1.807) is 0 Å². The maximum absolute atomic E-state index is 8.86. The molecule has 0 saturated carbocycles. The molecular weight excluding hydrogens is 128 g/mol. The van der Waals surface area contributed by atoms with Crippen LogP contribution in [0.1, 0.15) is 26.7 Å². The summed E-state index contributed by atoms with van der Waals surface area (Å²) in [6.07, 6.45) is 2.69. The van der Waals surface area contributed by atoms with Gasteiger partial charge in [0, 0.05) is 0 Å². The Labute approximate surface area is 62.2 Å². The molecule has 3 atom stereocenters. The third kappa shape index (κ3) is 1.50. The van der Waals surface area contributed by atoms with Crippen LogP contribution in [0.15, 0.2) is 0 Å². The van der Waals surface area contributed by atoms with E-state index in [2.05, 4.69) is 13.8 Å². The van der Waals surface area contributed by atoms with Crippen molar-refractivity contribution in [2.75, 3.05) is 6.61 Å². The number of aliphatic hydroxyl groups is 1. The first-order valence-electron chi connectivity index (χ1n) is 4.04. The van der Waals surface area contributed by atoms with Crippen molar-refractivity contribution < 1.29 is 9.84 Å². The standard InChI is InChI=1S/C8H16O2/c1-3-7-4-6(2)10-8(7)5-9/h6-9H,3-5H2,1-2H3/t6-,7-,8+/m0/s1. The Morgan fingerprint density at radius 1 is 1.60 bits per heavy atom. The zero-order valence-electron chi connectivity index (χ0n) is 6.71. The lowest BCUT2D eigenvalue weighted by atomic mass is 9.97. The molecule has 0 spiro atoms. The summed E-state index contributed by atoms with van der Waals surface area (Å²) in [6, 6.07) is 0. The highest BCUT2D eigenvalue weighted by Gasteiger charge is 2.30. The summed E-state index contributed by atoms with van der Waals surface area (Å²) < 4.78 is 5.46. The van der Waals surface area contributed by atoms with Crippen LogP contribution in [0, 0.1) is 5.92 Å². The Balaban J connectivity index is 2.41. The van der Waals surface area contributed by atoms with Crippen molar-refractivity contribution in [1.82, 2.24) is 0 Å². The third-order valence-corrected chi connectivity index (χ3v) is 2.27. The highest BCUT2D eigenvalue weighted by Crippen LogP contribution is 2.28. The van der Waals surface area contributed by atoms with Gasteiger partial charge in [0.2, 0.25) is 0 Å². The Morgan fingerprint density at radius 2 is 2.30 bits per heavy atom. The molecule has 0 unspecified atom stereocenters. The number of ether oxygens (including phenoxy) is 1. The van der Waals surface area contributed by atoms with E-state index in [1.807, 2.05) is 0 Å². The van der Waals surface area contributed by atoms with Crippen molar-refractivity contribution >= 4 is 0 Å². The average Bonchev–Trinajstić information content (AvgIpc) is 2.30. The smallest absolute Gasteiger partial charge is 0.0838 e. The van der Waals surface area contributed by atoms with Crippen LogP contribution in [0.3, 0.4) is 0 Å². The topological polar surface area (TPSA) is 29.5 Å². The van der Waals surface area contributed by atoms with E-state index < -0.39 is 0 Å². The zero-order valence-corrected chi connectivity index (χ0v) is 6.71. The van der Waals surface area contributed by atoms with E-state index in [-0.39, 0.29) is 12.7 Å². The molecule has 0 bridgehead atoms. The molecule has 0 aliphatic carbocycles. The lowest BCUT2D eigenvalue weighted by Gasteiger charge is -2.12. The molecule has 0 aromatic heterocycles. The van der Waals surface area contributed by atoms with Crippen LogP contribution < -0.4 is 0 Å². The van der Waals surface area contributed by atoms with Crippen molar-refractivity contribution in [2.45, 2.75) is 38.9 Å². The molecule has 1 fully saturated rings. The molecule has 1 N–H and O–H groups in total. The first kappa shape index (κ1) is 8.02. The fraction of sp³-hybridized carbons (Fsp3) is 1.00. The van der Waals surface area contributed by atoms with E-state index in [4.69, 9.17) is 9.84 Å². The summed E-state index contributed by atoms with van der Waals surface area (Å²) in [5.74, 6) is 0.583. The molecule has 60 valence electrons. The van der Waals surface area contributed by atoms with E-state index in [9.17, 15) is 0 Å². The van der Waals surface area contributed by atoms with E-state index in [0.29, 0.717) is 12.0 Å². The van der Waals surface area contributed by atoms with E-state index in [1.165, 1.54) is 0 Å². The molecule has 2 nitrogen and oxygen atoms in total. The van der Waals surface area contributed by atoms with Gasteiger partial charge in [0.15, 0.2) is 0 Å². The number of hydrogen-bond donors (Lipinski definition) is 1. The molecule has 1 aliphatic heterocycles. The monoisotopic (exact) mass is 144 g/mol. The third-order valence-electron chi connectivity index (χ3n) is 2.27. The highest BCUT2D eigenvalue weighted by atomic mass is 16.5. The van der Waals surface area contributed by atoms with Gasteiger partial charge in [-0.1, -0.05) is 13.3 Å². The predicted molar refractivity (Wildman–Crippen MR) is 39.8 cm³/mol. The molecule has 0 aromatic rings. The van der Waals surface area contributed by atoms with Crippen LogP contribution in [0.2, 0.25) is 0 Å². The Kier molecular flexibility index (Phi) is 2.69. The summed E-state index contributed by atoms with van der Waals surface area (Å²) in [5, 5.41) is 8.86. The second kappa shape index (κ2) is 3.35. The predicted octanol–water partition coefficient (Wildman–Crippen LogP) is 1.18. The van der Waals surface area contributed by atoms with Crippen molar-refractivity contribution in [2.24, 2.45) is 5.92 Å². The lowest BCUT2D eigenvalue weighted by Crippen LogP contribution is -2.19. The maximum atomic E-state index is 8.86. The molecule has 1 rings (SSSR count). The molecule has 1 heterocycles. The van der Waals surface area contributed by atoms with E-state index in [0.717, 1.165) is 12.8 Å². The minimum absolute atomic E-state index is 0.111. The summed E-state index contributed by atoms with van der Waals surface area (Å²) in [6.45, 7) is 4.40. The highest BCUT2D eigenvalue weighted by molar-refractivity contribution is 4.78. The van der Waals surface area contributed by atoms with Crippen molar-refractivity contribution in [1.29, 1.82) is 0 Å². The van der Waals surface area contributed by atoms with Crippen molar-refractivity contribution in [3.05, 3.63) is 0 Å². The average molecular weight is 144 g/mol. The Bertz CT molecular complexity index is 91.4. The van der Waals surface area contributed by atoms with Crippen LogP contribution in [0.4, 0.5) is 0 Å². The zero-order chi connectivity index (χ0) is 7.56.